The number of hydrogen-bond donors (Lipinski definition) is 1. The van der Waals surface area contributed by atoms with Crippen molar-refractivity contribution in [3.8, 4) is 0 Å². The van der Waals surface area contributed by atoms with Crippen molar-refractivity contribution in [2.24, 2.45) is 0 Å². The summed E-state index contributed by atoms with van der Waals surface area (Å²) >= 11 is 0. The first-order valence-corrected chi connectivity index (χ1v) is 5.98. The highest BCUT2D eigenvalue weighted by atomic mass is 16.3. The van der Waals surface area contributed by atoms with Gasteiger partial charge in [-0.05, 0) is 25.3 Å². The molecule has 0 radical (unpaired) electrons. The van der Waals surface area contributed by atoms with Gasteiger partial charge in [0.2, 0.25) is 0 Å². The van der Waals surface area contributed by atoms with Crippen molar-refractivity contribution >= 4 is 0 Å². The van der Waals surface area contributed by atoms with Crippen molar-refractivity contribution in [2.45, 2.75) is 40.5 Å². The lowest BCUT2D eigenvalue weighted by molar-refractivity contribution is 0.330. The van der Waals surface area contributed by atoms with E-state index in [2.05, 4.69) is 44.2 Å². The van der Waals surface area contributed by atoms with Crippen LogP contribution in [-0.4, -0.2) is 11.7 Å². The van der Waals surface area contributed by atoms with Crippen LogP contribution in [0.5, 0.6) is 0 Å². The molecule has 90 valence electrons. The van der Waals surface area contributed by atoms with Gasteiger partial charge in [-0.15, -0.1) is 0 Å². The Morgan fingerprint density at radius 3 is 2.50 bits per heavy atom. The summed E-state index contributed by atoms with van der Waals surface area (Å²) in [5.41, 5.74) is 3.61. The van der Waals surface area contributed by atoms with E-state index in [9.17, 15) is 0 Å². The Kier molecular flexibility index (Phi) is 7.57. The van der Waals surface area contributed by atoms with Gasteiger partial charge >= 0.3 is 0 Å². The van der Waals surface area contributed by atoms with Gasteiger partial charge in [-0.2, -0.15) is 0 Å². The molecule has 1 rings (SSSR count). The SMILES string of the molecule is C/C(=C/C(C)c1cccc(C)c1)CO.CC. The maximum Gasteiger partial charge on any atom is 0.0639 e. The zero-order valence-corrected chi connectivity index (χ0v) is 11.1. The number of allylic oxidation sites excluding steroid dienone is 1. The van der Waals surface area contributed by atoms with Crippen LogP contribution in [0.15, 0.2) is 35.9 Å². The predicted molar refractivity (Wildman–Crippen MR) is 71.8 cm³/mol. The van der Waals surface area contributed by atoms with Crippen LogP contribution >= 0.6 is 0 Å². The number of aliphatic hydroxyl groups is 1. The van der Waals surface area contributed by atoms with E-state index in [0.29, 0.717) is 5.92 Å². The molecule has 0 bridgehead atoms. The Labute approximate surface area is 99.8 Å². The minimum Gasteiger partial charge on any atom is -0.392 e. The van der Waals surface area contributed by atoms with Gasteiger partial charge in [-0.25, -0.2) is 0 Å². The van der Waals surface area contributed by atoms with Crippen LogP contribution in [0.4, 0.5) is 0 Å². The van der Waals surface area contributed by atoms with Crippen molar-refractivity contribution in [1.82, 2.24) is 0 Å². The molecule has 1 heteroatoms. The maximum absolute atomic E-state index is 8.92. The monoisotopic (exact) mass is 220 g/mol. The molecule has 0 aliphatic carbocycles. The lowest BCUT2D eigenvalue weighted by Crippen LogP contribution is -1.93. The Hall–Kier alpha value is -1.08. The van der Waals surface area contributed by atoms with Gasteiger partial charge in [0.1, 0.15) is 0 Å². The first kappa shape index (κ1) is 14.9. The standard InChI is InChI=1S/C13H18O.C2H6/c1-10-5-4-6-13(8-10)12(3)7-11(2)9-14;1-2/h4-8,12,14H,9H2,1-3H3;1-2H3/b11-7-;. The molecule has 1 aromatic carbocycles. The third-order valence-corrected chi connectivity index (χ3v) is 2.35. The van der Waals surface area contributed by atoms with Gasteiger partial charge < -0.3 is 5.11 Å². The van der Waals surface area contributed by atoms with E-state index >= 15 is 0 Å². The van der Waals surface area contributed by atoms with Crippen molar-refractivity contribution in [3.05, 3.63) is 47.0 Å². The number of aryl methyl sites for hydroxylation is 1. The van der Waals surface area contributed by atoms with Crippen molar-refractivity contribution in [1.29, 1.82) is 0 Å². The molecule has 0 aliphatic heterocycles. The van der Waals surface area contributed by atoms with Gasteiger partial charge in [0.25, 0.3) is 0 Å². The smallest absolute Gasteiger partial charge is 0.0639 e. The normalized spacial score (nSPS) is 12.8. The molecular weight excluding hydrogens is 196 g/mol. The van der Waals surface area contributed by atoms with E-state index in [-0.39, 0.29) is 6.61 Å². The molecule has 1 atom stereocenters. The van der Waals surface area contributed by atoms with Gasteiger partial charge in [0.15, 0.2) is 0 Å². The van der Waals surface area contributed by atoms with Gasteiger partial charge in [-0.1, -0.05) is 62.2 Å². The molecule has 0 spiro atoms. The third kappa shape index (κ3) is 5.13. The zero-order chi connectivity index (χ0) is 12.6. The molecule has 16 heavy (non-hydrogen) atoms. The van der Waals surface area contributed by atoms with Crippen LogP contribution in [0.2, 0.25) is 0 Å². The van der Waals surface area contributed by atoms with E-state index in [1.54, 1.807) is 0 Å². The summed E-state index contributed by atoms with van der Waals surface area (Å²) in [6.07, 6.45) is 2.11. The van der Waals surface area contributed by atoms with E-state index in [1.807, 2.05) is 20.8 Å². The van der Waals surface area contributed by atoms with Crippen molar-refractivity contribution < 1.29 is 5.11 Å². The number of benzene rings is 1. The Balaban J connectivity index is 0.00000106. The topological polar surface area (TPSA) is 20.2 Å². The second-order valence-corrected chi connectivity index (χ2v) is 3.87. The molecule has 0 aromatic heterocycles. The van der Waals surface area contributed by atoms with Crippen LogP contribution in [-0.2, 0) is 0 Å². The highest BCUT2D eigenvalue weighted by molar-refractivity contribution is 5.28. The van der Waals surface area contributed by atoms with Gasteiger partial charge in [0.05, 0.1) is 6.61 Å². The van der Waals surface area contributed by atoms with Crippen LogP contribution in [0, 0.1) is 6.92 Å². The predicted octanol–water partition coefficient (Wildman–Crippen LogP) is 4.06. The quantitative estimate of drug-likeness (QED) is 0.761. The fourth-order valence-corrected chi connectivity index (χ4v) is 1.53. The first-order valence-electron chi connectivity index (χ1n) is 5.98. The largest absolute Gasteiger partial charge is 0.392 e. The summed E-state index contributed by atoms with van der Waals surface area (Å²) in [6.45, 7) is 10.3. The van der Waals surface area contributed by atoms with E-state index in [1.165, 1.54) is 11.1 Å². The molecular formula is C15H24O. The van der Waals surface area contributed by atoms with E-state index in [0.717, 1.165) is 5.57 Å². The highest BCUT2D eigenvalue weighted by Crippen LogP contribution is 2.18. The second-order valence-electron chi connectivity index (χ2n) is 3.87. The highest BCUT2D eigenvalue weighted by Gasteiger charge is 2.02. The number of hydrogen-bond acceptors (Lipinski definition) is 1. The molecule has 0 saturated carbocycles. The summed E-state index contributed by atoms with van der Waals surface area (Å²) in [4.78, 5) is 0. The molecule has 0 saturated heterocycles. The lowest BCUT2D eigenvalue weighted by atomic mass is 9.97. The molecule has 1 aromatic rings. The average molecular weight is 220 g/mol. The molecule has 0 amide bonds. The van der Waals surface area contributed by atoms with Gasteiger partial charge in [-0.3, -0.25) is 0 Å². The average Bonchev–Trinajstić information content (AvgIpc) is 2.31. The van der Waals surface area contributed by atoms with Crippen LogP contribution in [0.3, 0.4) is 0 Å². The lowest BCUT2D eigenvalue weighted by Gasteiger charge is -2.08. The van der Waals surface area contributed by atoms with Crippen LogP contribution in [0.1, 0.15) is 44.7 Å². The molecule has 1 nitrogen and oxygen atoms in total. The number of aliphatic hydroxyl groups excluding tert-OH is 1. The fraction of sp³-hybridized carbons (Fsp3) is 0.467. The van der Waals surface area contributed by atoms with E-state index < -0.39 is 0 Å². The summed E-state index contributed by atoms with van der Waals surface area (Å²) < 4.78 is 0. The molecule has 0 aliphatic rings. The zero-order valence-electron chi connectivity index (χ0n) is 11.1. The molecule has 1 N–H and O–H groups in total. The minimum atomic E-state index is 0.149. The van der Waals surface area contributed by atoms with E-state index in [4.69, 9.17) is 5.11 Å². The summed E-state index contributed by atoms with van der Waals surface area (Å²) in [7, 11) is 0. The fourth-order valence-electron chi connectivity index (χ4n) is 1.53. The Morgan fingerprint density at radius 1 is 1.38 bits per heavy atom. The first-order chi connectivity index (χ1) is 7.63. The van der Waals surface area contributed by atoms with Crippen LogP contribution in [0.25, 0.3) is 0 Å². The molecule has 1 unspecified atom stereocenters. The number of rotatable bonds is 3. The minimum absolute atomic E-state index is 0.149. The molecule has 0 fully saturated rings. The summed E-state index contributed by atoms with van der Waals surface area (Å²) in [5.74, 6) is 0.377. The summed E-state index contributed by atoms with van der Waals surface area (Å²) in [6, 6.07) is 8.48. The van der Waals surface area contributed by atoms with Crippen molar-refractivity contribution in [2.75, 3.05) is 6.61 Å². The Morgan fingerprint density at radius 2 is 2.00 bits per heavy atom. The molecule has 0 heterocycles. The maximum atomic E-state index is 8.92. The third-order valence-electron chi connectivity index (χ3n) is 2.35. The van der Waals surface area contributed by atoms with Crippen LogP contribution < -0.4 is 0 Å². The van der Waals surface area contributed by atoms with Gasteiger partial charge in [0, 0.05) is 0 Å². The van der Waals surface area contributed by atoms with Crippen molar-refractivity contribution in [3.63, 3.8) is 0 Å². The second kappa shape index (κ2) is 8.12. The summed E-state index contributed by atoms with van der Waals surface area (Å²) in [5, 5.41) is 8.92. The Bertz CT molecular complexity index is 326.